The minimum absolute atomic E-state index is 0.274. The lowest BCUT2D eigenvalue weighted by Crippen LogP contribution is -2.30. The average Bonchev–Trinajstić information content (AvgIpc) is 2.50. The van der Waals surface area contributed by atoms with E-state index in [0.29, 0.717) is 6.54 Å². The predicted octanol–water partition coefficient (Wildman–Crippen LogP) is 1.77. The number of hydrogen-bond donors (Lipinski definition) is 1. The van der Waals surface area contributed by atoms with Gasteiger partial charge in [0.05, 0.1) is 21.3 Å². The van der Waals surface area contributed by atoms with Gasteiger partial charge < -0.3 is 19.5 Å². The topological polar surface area (TPSA) is 56.8 Å². The second-order valence-electron chi connectivity index (χ2n) is 4.13. The molecule has 0 aromatic heterocycles. The molecule has 0 spiro atoms. The summed E-state index contributed by atoms with van der Waals surface area (Å²) in [7, 11) is 4.61. The fourth-order valence-electron chi connectivity index (χ4n) is 1.71. The van der Waals surface area contributed by atoms with Crippen molar-refractivity contribution in [3.05, 3.63) is 23.8 Å². The van der Waals surface area contributed by atoms with E-state index in [1.807, 2.05) is 18.2 Å². The number of nitrogens with one attached hydrogen (secondary N) is 1. The number of carbonyl (C=O) groups excluding carboxylic acids is 1. The fourth-order valence-corrected chi connectivity index (χ4v) is 2.12. The Morgan fingerprint density at radius 3 is 2.55 bits per heavy atom. The molecule has 0 bridgehead atoms. The van der Waals surface area contributed by atoms with Crippen molar-refractivity contribution in [3.8, 4) is 11.5 Å². The van der Waals surface area contributed by atoms with Crippen LogP contribution in [0.15, 0.2) is 18.2 Å². The van der Waals surface area contributed by atoms with Crippen LogP contribution in [0.3, 0.4) is 0 Å². The highest BCUT2D eigenvalue weighted by molar-refractivity contribution is 9.10. The van der Waals surface area contributed by atoms with Crippen molar-refractivity contribution in [3.63, 3.8) is 0 Å². The van der Waals surface area contributed by atoms with Crippen LogP contribution in [0.4, 0.5) is 0 Å². The van der Waals surface area contributed by atoms with Gasteiger partial charge in [-0.25, -0.2) is 0 Å². The summed E-state index contributed by atoms with van der Waals surface area (Å²) in [5.41, 5.74) is 1.14. The van der Waals surface area contributed by atoms with E-state index in [1.165, 1.54) is 7.11 Å². The van der Waals surface area contributed by atoms with E-state index in [2.05, 4.69) is 26.0 Å². The third-order valence-corrected chi connectivity index (χ3v) is 3.52. The summed E-state index contributed by atoms with van der Waals surface area (Å²) in [4.78, 5) is 10.9. The van der Waals surface area contributed by atoms with E-state index in [1.54, 1.807) is 14.2 Å². The summed E-state index contributed by atoms with van der Waals surface area (Å²) in [5.74, 6) is 1.16. The quantitative estimate of drug-likeness (QED) is 0.442. The zero-order chi connectivity index (χ0) is 15.0. The van der Waals surface area contributed by atoms with Gasteiger partial charge in [0.15, 0.2) is 11.5 Å². The third kappa shape index (κ3) is 5.02. The Morgan fingerprint density at radius 1 is 1.25 bits per heavy atom. The van der Waals surface area contributed by atoms with E-state index in [9.17, 15) is 4.79 Å². The van der Waals surface area contributed by atoms with Gasteiger partial charge in [-0.1, -0.05) is 22.0 Å². The van der Waals surface area contributed by atoms with Gasteiger partial charge in [-0.15, -0.1) is 0 Å². The molecule has 1 aromatic rings. The molecule has 0 saturated carbocycles. The third-order valence-electron chi connectivity index (χ3n) is 2.82. The number of benzene rings is 1. The van der Waals surface area contributed by atoms with Crippen molar-refractivity contribution in [1.29, 1.82) is 0 Å². The minimum Gasteiger partial charge on any atom is -0.493 e. The van der Waals surface area contributed by atoms with E-state index < -0.39 is 0 Å². The first-order valence-corrected chi connectivity index (χ1v) is 7.17. The Balaban J connectivity index is 2.41. The molecule has 20 heavy (non-hydrogen) atoms. The number of carbonyl (C=O) groups is 1. The highest BCUT2D eigenvalue weighted by Gasteiger charge is 2.13. The fraction of sp³-hybridized carbons (Fsp3) is 0.500. The van der Waals surface area contributed by atoms with Gasteiger partial charge in [0.2, 0.25) is 0 Å². The number of halogens is 1. The largest absolute Gasteiger partial charge is 0.493 e. The molecule has 0 radical (unpaired) electrons. The molecule has 5 nitrogen and oxygen atoms in total. The molecule has 1 rings (SSSR count). The van der Waals surface area contributed by atoms with Crippen molar-refractivity contribution < 1.29 is 19.0 Å². The summed E-state index contributed by atoms with van der Waals surface area (Å²) in [5, 5.41) is 3.20. The zero-order valence-electron chi connectivity index (χ0n) is 11.9. The summed E-state index contributed by atoms with van der Waals surface area (Å²) >= 11 is 3.26. The molecule has 112 valence electrons. The van der Waals surface area contributed by atoms with Crippen LogP contribution in [0, 0.1) is 0 Å². The van der Waals surface area contributed by atoms with Crippen LogP contribution < -0.4 is 14.8 Å². The standard InChI is InChI=1S/C14H20BrNO4/c1-18-12-5-4-10(8-13(12)19-2)6-7-16-9-11(15)14(17)20-3/h4-5,8,11,16H,6-7,9H2,1-3H3. The molecular weight excluding hydrogens is 326 g/mol. The van der Waals surface area contributed by atoms with Gasteiger partial charge in [0, 0.05) is 6.54 Å². The van der Waals surface area contributed by atoms with Gasteiger partial charge in [0.25, 0.3) is 0 Å². The molecule has 0 aliphatic rings. The Labute approximate surface area is 127 Å². The van der Waals surface area contributed by atoms with Crippen LogP contribution in [-0.4, -0.2) is 45.2 Å². The molecule has 6 heteroatoms. The summed E-state index contributed by atoms with van der Waals surface area (Å²) < 4.78 is 15.1. The second kappa shape index (κ2) is 8.81. The first kappa shape index (κ1) is 16.8. The SMILES string of the molecule is COC(=O)C(Br)CNCCc1ccc(OC)c(OC)c1. The highest BCUT2D eigenvalue weighted by atomic mass is 79.9. The van der Waals surface area contributed by atoms with E-state index in [4.69, 9.17) is 9.47 Å². The smallest absolute Gasteiger partial charge is 0.320 e. The van der Waals surface area contributed by atoms with E-state index >= 15 is 0 Å². The summed E-state index contributed by atoms with van der Waals surface area (Å²) in [6, 6.07) is 5.83. The maximum atomic E-state index is 11.2. The van der Waals surface area contributed by atoms with Gasteiger partial charge in [0.1, 0.15) is 4.83 Å². The van der Waals surface area contributed by atoms with Crippen molar-refractivity contribution in [2.75, 3.05) is 34.4 Å². The lowest BCUT2D eigenvalue weighted by Gasteiger charge is -2.11. The van der Waals surface area contributed by atoms with Crippen LogP contribution in [0.25, 0.3) is 0 Å². The Morgan fingerprint density at radius 2 is 1.95 bits per heavy atom. The summed E-state index contributed by atoms with van der Waals surface area (Å²) in [6.45, 7) is 1.29. The van der Waals surface area contributed by atoms with Crippen molar-refractivity contribution in [2.24, 2.45) is 0 Å². The van der Waals surface area contributed by atoms with Crippen LogP contribution in [0.2, 0.25) is 0 Å². The Kier molecular flexibility index (Phi) is 7.40. The molecule has 1 unspecified atom stereocenters. The maximum absolute atomic E-state index is 11.2. The van der Waals surface area contributed by atoms with Crippen molar-refractivity contribution in [2.45, 2.75) is 11.2 Å². The number of hydrogen-bond acceptors (Lipinski definition) is 5. The average molecular weight is 346 g/mol. The van der Waals surface area contributed by atoms with Crippen LogP contribution in [0.1, 0.15) is 5.56 Å². The molecule has 0 aliphatic heterocycles. The number of alkyl halides is 1. The summed E-state index contributed by atoms with van der Waals surface area (Å²) in [6.07, 6.45) is 0.835. The van der Waals surface area contributed by atoms with E-state index in [-0.39, 0.29) is 10.8 Å². The van der Waals surface area contributed by atoms with Crippen molar-refractivity contribution >= 4 is 21.9 Å². The maximum Gasteiger partial charge on any atom is 0.320 e. The van der Waals surface area contributed by atoms with Crippen LogP contribution in [-0.2, 0) is 16.0 Å². The molecule has 0 amide bonds. The van der Waals surface area contributed by atoms with Gasteiger partial charge in [-0.05, 0) is 30.7 Å². The van der Waals surface area contributed by atoms with Crippen LogP contribution >= 0.6 is 15.9 Å². The lowest BCUT2D eigenvalue weighted by molar-refractivity contribution is -0.139. The van der Waals surface area contributed by atoms with Gasteiger partial charge in [-0.2, -0.15) is 0 Å². The molecular formula is C14H20BrNO4. The van der Waals surface area contributed by atoms with E-state index in [0.717, 1.165) is 30.0 Å². The molecule has 0 aliphatic carbocycles. The minimum atomic E-state index is -0.321. The Bertz CT molecular complexity index is 439. The number of rotatable bonds is 8. The van der Waals surface area contributed by atoms with Crippen molar-refractivity contribution in [1.82, 2.24) is 5.32 Å². The number of ether oxygens (including phenoxy) is 3. The van der Waals surface area contributed by atoms with Gasteiger partial charge in [-0.3, -0.25) is 4.79 Å². The number of esters is 1. The molecule has 1 aromatic carbocycles. The zero-order valence-corrected chi connectivity index (χ0v) is 13.5. The Hall–Kier alpha value is -1.27. The highest BCUT2D eigenvalue weighted by Crippen LogP contribution is 2.27. The van der Waals surface area contributed by atoms with Gasteiger partial charge >= 0.3 is 5.97 Å². The first-order chi connectivity index (χ1) is 9.62. The predicted molar refractivity (Wildman–Crippen MR) is 80.9 cm³/mol. The normalized spacial score (nSPS) is 11.8. The van der Waals surface area contributed by atoms with Crippen LogP contribution in [0.5, 0.6) is 11.5 Å². The lowest BCUT2D eigenvalue weighted by atomic mass is 10.1. The second-order valence-corrected chi connectivity index (χ2v) is 5.24. The molecule has 1 N–H and O–H groups in total. The molecule has 0 heterocycles. The molecule has 1 atom stereocenters. The number of methoxy groups -OCH3 is 3. The first-order valence-electron chi connectivity index (χ1n) is 6.26. The monoisotopic (exact) mass is 345 g/mol. The molecule has 0 fully saturated rings. The molecule has 0 saturated heterocycles.